The average molecular weight is 118 g/mol. The molecule has 0 heterocycles. The molecule has 1 unspecified atom stereocenters. The van der Waals surface area contributed by atoms with Gasteiger partial charge in [0.15, 0.2) is 6.36 Å². The fourth-order valence-corrected chi connectivity index (χ4v) is 0.257. The minimum Gasteiger partial charge on any atom is -0.344 e. The Hall–Kier alpha value is -0.370. The quantitative estimate of drug-likeness (QED) is 0.514. The molecule has 0 spiro atoms. The third-order valence-corrected chi connectivity index (χ3v) is 0.559. The van der Waals surface area contributed by atoms with E-state index < -0.39 is 6.36 Å². The first-order valence-electron chi connectivity index (χ1n) is 2.53. The Labute approximate surface area is 49.2 Å². The summed E-state index contributed by atoms with van der Waals surface area (Å²) in [5, 5.41) is 0. The highest BCUT2D eigenvalue weighted by atomic mass is 19.1. The maximum atomic E-state index is 11.8. The largest absolute Gasteiger partial charge is 0.344 e. The van der Waals surface area contributed by atoms with Crippen LogP contribution in [0.5, 0.6) is 0 Å². The van der Waals surface area contributed by atoms with Crippen LogP contribution in [0.3, 0.4) is 0 Å². The van der Waals surface area contributed by atoms with E-state index >= 15 is 0 Å². The lowest BCUT2D eigenvalue weighted by Crippen LogP contribution is -2.01. The summed E-state index contributed by atoms with van der Waals surface area (Å²) in [4.78, 5) is 0. The van der Waals surface area contributed by atoms with Gasteiger partial charge >= 0.3 is 0 Å². The van der Waals surface area contributed by atoms with Crippen LogP contribution in [0.25, 0.3) is 0 Å². The second-order valence-electron chi connectivity index (χ2n) is 1.81. The van der Waals surface area contributed by atoms with Crippen molar-refractivity contribution in [2.24, 2.45) is 0 Å². The minimum absolute atomic E-state index is 0.317. The van der Waals surface area contributed by atoms with Gasteiger partial charge in [-0.15, -0.1) is 0 Å². The van der Waals surface area contributed by atoms with Gasteiger partial charge in [-0.3, -0.25) is 0 Å². The highest BCUT2D eigenvalue weighted by Gasteiger charge is 1.94. The average Bonchev–Trinajstić information content (AvgIpc) is 1.61. The van der Waals surface area contributed by atoms with Gasteiger partial charge < -0.3 is 4.74 Å². The summed E-state index contributed by atoms with van der Waals surface area (Å²) in [5.41, 5.74) is 0.842. The van der Waals surface area contributed by atoms with Crippen molar-refractivity contribution in [2.45, 2.75) is 20.2 Å². The first-order valence-corrected chi connectivity index (χ1v) is 2.53. The zero-order valence-corrected chi connectivity index (χ0v) is 5.28. The zero-order chi connectivity index (χ0) is 6.57. The van der Waals surface area contributed by atoms with Crippen LogP contribution in [0.1, 0.15) is 13.8 Å². The summed E-state index contributed by atoms with van der Waals surface area (Å²) < 4.78 is 16.3. The Balaban J connectivity index is 3.05. The Bertz CT molecular complexity index is 78.6. The highest BCUT2D eigenvalue weighted by Crippen LogP contribution is 1.94. The van der Waals surface area contributed by atoms with Crippen molar-refractivity contribution in [2.75, 3.05) is 6.61 Å². The van der Waals surface area contributed by atoms with Crippen LogP contribution in [0.2, 0.25) is 0 Å². The SMILES string of the molecule is C=C(C)COC(C)F. The molecule has 0 aromatic rings. The smallest absolute Gasteiger partial charge is 0.196 e. The molecule has 2 heteroatoms. The van der Waals surface area contributed by atoms with E-state index in [4.69, 9.17) is 0 Å². The van der Waals surface area contributed by atoms with Gasteiger partial charge in [0.2, 0.25) is 0 Å². The molecule has 8 heavy (non-hydrogen) atoms. The van der Waals surface area contributed by atoms with Crippen molar-refractivity contribution < 1.29 is 9.13 Å². The van der Waals surface area contributed by atoms with Gasteiger partial charge in [-0.25, -0.2) is 4.39 Å². The Morgan fingerprint density at radius 1 is 1.88 bits per heavy atom. The van der Waals surface area contributed by atoms with E-state index in [9.17, 15) is 4.39 Å². The zero-order valence-electron chi connectivity index (χ0n) is 5.28. The summed E-state index contributed by atoms with van der Waals surface area (Å²) in [6.07, 6.45) is -1.17. The third kappa shape index (κ3) is 5.63. The van der Waals surface area contributed by atoms with Gasteiger partial charge in [-0.2, -0.15) is 0 Å². The first-order chi connectivity index (χ1) is 3.63. The van der Waals surface area contributed by atoms with Crippen LogP contribution in [-0.4, -0.2) is 13.0 Å². The lowest BCUT2D eigenvalue weighted by atomic mass is 10.4. The number of hydrogen-bond donors (Lipinski definition) is 0. The summed E-state index contributed by atoms with van der Waals surface area (Å²) in [6, 6.07) is 0. The lowest BCUT2D eigenvalue weighted by Gasteiger charge is -2.01. The Kier molecular flexibility index (Phi) is 3.44. The van der Waals surface area contributed by atoms with Crippen LogP contribution in [0.15, 0.2) is 12.2 Å². The normalized spacial score (nSPS) is 13.4. The minimum atomic E-state index is -1.17. The van der Waals surface area contributed by atoms with Crippen molar-refractivity contribution in [3.63, 3.8) is 0 Å². The Morgan fingerprint density at radius 2 is 2.38 bits per heavy atom. The number of rotatable bonds is 3. The molecule has 0 saturated carbocycles. The summed E-state index contributed by atoms with van der Waals surface area (Å²) in [5.74, 6) is 0. The predicted octanol–water partition coefficient (Wildman–Crippen LogP) is 1.89. The molecule has 48 valence electrons. The molecule has 0 rings (SSSR count). The van der Waals surface area contributed by atoms with Crippen molar-refractivity contribution in [3.8, 4) is 0 Å². The number of hydrogen-bond acceptors (Lipinski definition) is 1. The van der Waals surface area contributed by atoms with E-state index in [2.05, 4.69) is 11.3 Å². The summed E-state index contributed by atoms with van der Waals surface area (Å²) >= 11 is 0. The fraction of sp³-hybridized carbons (Fsp3) is 0.667. The topological polar surface area (TPSA) is 9.23 Å². The van der Waals surface area contributed by atoms with Gasteiger partial charge in [0, 0.05) is 0 Å². The van der Waals surface area contributed by atoms with Gasteiger partial charge in [-0.05, 0) is 13.8 Å². The molecule has 0 aromatic carbocycles. The van der Waals surface area contributed by atoms with Crippen LogP contribution < -0.4 is 0 Å². The van der Waals surface area contributed by atoms with E-state index in [1.54, 1.807) is 6.92 Å². The van der Waals surface area contributed by atoms with Crippen LogP contribution >= 0.6 is 0 Å². The molecule has 0 N–H and O–H groups in total. The molecular formula is C6H11FO. The van der Waals surface area contributed by atoms with Gasteiger partial charge in [0.25, 0.3) is 0 Å². The summed E-state index contributed by atoms with van der Waals surface area (Å²) in [6.45, 7) is 7.00. The van der Waals surface area contributed by atoms with Crippen LogP contribution in [-0.2, 0) is 4.74 Å². The molecule has 0 radical (unpaired) electrons. The second kappa shape index (κ2) is 3.61. The molecule has 0 saturated heterocycles. The molecule has 0 aliphatic heterocycles. The lowest BCUT2D eigenvalue weighted by molar-refractivity contribution is -0.0124. The molecule has 1 nitrogen and oxygen atoms in total. The summed E-state index contributed by atoms with van der Waals surface area (Å²) in [7, 11) is 0. The van der Waals surface area contributed by atoms with Crippen molar-refractivity contribution in [3.05, 3.63) is 12.2 Å². The van der Waals surface area contributed by atoms with Crippen molar-refractivity contribution in [1.82, 2.24) is 0 Å². The molecule has 1 atom stereocenters. The second-order valence-corrected chi connectivity index (χ2v) is 1.81. The van der Waals surface area contributed by atoms with Gasteiger partial charge in [-0.1, -0.05) is 12.2 Å². The van der Waals surface area contributed by atoms with E-state index in [0.717, 1.165) is 5.57 Å². The maximum Gasteiger partial charge on any atom is 0.196 e. The molecule has 0 aliphatic carbocycles. The van der Waals surface area contributed by atoms with Gasteiger partial charge in [0.1, 0.15) is 0 Å². The number of ether oxygens (including phenoxy) is 1. The van der Waals surface area contributed by atoms with Crippen LogP contribution in [0, 0.1) is 0 Å². The monoisotopic (exact) mass is 118 g/mol. The van der Waals surface area contributed by atoms with E-state index in [1.807, 2.05) is 0 Å². The van der Waals surface area contributed by atoms with E-state index in [-0.39, 0.29) is 0 Å². The van der Waals surface area contributed by atoms with Gasteiger partial charge in [0.05, 0.1) is 6.61 Å². The highest BCUT2D eigenvalue weighted by molar-refractivity contribution is 4.87. The first kappa shape index (κ1) is 7.63. The van der Waals surface area contributed by atoms with E-state index in [1.165, 1.54) is 6.92 Å². The Morgan fingerprint density at radius 3 is 2.50 bits per heavy atom. The molecule has 0 fully saturated rings. The predicted molar refractivity (Wildman–Crippen MR) is 31.3 cm³/mol. The van der Waals surface area contributed by atoms with Crippen LogP contribution in [0.4, 0.5) is 4.39 Å². The number of alkyl halides is 1. The molecule has 0 aliphatic rings. The van der Waals surface area contributed by atoms with E-state index in [0.29, 0.717) is 6.61 Å². The third-order valence-electron chi connectivity index (χ3n) is 0.559. The standard InChI is InChI=1S/C6H11FO/c1-5(2)4-8-6(3)7/h6H,1,4H2,2-3H3. The number of halogens is 1. The molecule has 0 amide bonds. The van der Waals surface area contributed by atoms with Crippen molar-refractivity contribution >= 4 is 0 Å². The fourth-order valence-electron chi connectivity index (χ4n) is 0.257. The molecular weight excluding hydrogens is 107 g/mol. The molecule has 0 bridgehead atoms. The van der Waals surface area contributed by atoms with Crippen molar-refractivity contribution in [1.29, 1.82) is 0 Å². The molecule has 0 aromatic heterocycles. The maximum absolute atomic E-state index is 11.8.